The van der Waals surface area contributed by atoms with Crippen molar-refractivity contribution in [2.75, 3.05) is 24.2 Å². The van der Waals surface area contributed by atoms with Gasteiger partial charge in [-0.25, -0.2) is 12.8 Å². The second-order valence-corrected chi connectivity index (χ2v) is 9.93. The maximum absolute atomic E-state index is 13.4. The van der Waals surface area contributed by atoms with Crippen LogP contribution in [0.4, 0.5) is 23.2 Å². The highest BCUT2D eigenvalue weighted by atomic mass is 35.5. The van der Waals surface area contributed by atoms with Crippen LogP contribution in [0.5, 0.6) is 0 Å². The topological polar surface area (TPSA) is 86.8 Å². The molecule has 2 rings (SSSR count). The van der Waals surface area contributed by atoms with Crippen molar-refractivity contribution >= 4 is 39.1 Å². The summed E-state index contributed by atoms with van der Waals surface area (Å²) in [7, 11) is -2.93. The Labute approximate surface area is 205 Å². The number of nitrogens with zero attached hydrogens (tertiary/aromatic N) is 2. The number of nitrogens with one attached hydrogen (secondary N) is 1. The quantitative estimate of drug-likeness (QED) is 0.493. The number of benzene rings is 2. The smallest absolute Gasteiger partial charge is 0.357 e. The molecular formula is C22H24ClF4N3O4S. The van der Waals surface area contributed by atoms with Crippen LogP contribution in [0.25, 0.3) is 0 Å². The number of anilines is 1. The van der Waals surface area contributed by atoms with Crippen molar-refractivity contribution in [3.63, 3.8) is 0 Å². The third-order valence-electron chi connectivity index (χ3n) is 5.12. The number of carbonyl (C=O) groups excluding carboxylic acids is 2. The van der Waals surface area contributed by atoms with E-state index in [1.54, 1.807) is 6.92 Å². The highest BCUT2D eigenvalue weighted by Gasteiger charge is 2.35. The minimum Gasteiger partial charge on any atom is -0.357 e. The molecule has 2 aromatic carbocycles. The summed E-state index contributed by atoms with van der Waals surface area (Å²) in [5.41, 5.74) is -1.24. The lowest BCUT2D eigenvalue weighted by Crippen LogP contribution is -2.51. The second-order valence-electron chi connectivity index (χ2n) is 7.62. The molecule has 1 atom stereocenters. The van der Waals surface area contributed by atoms with E-state index in [2.05, 4.69) is 5.32 Å². The van der Waals surface area contributed by atoms with E-state index in [9.17, 15) is 35.6 Å². The Hall–Kier alpha value is -2.86. The molecule has 0 spiro atoms. The van der Waals surface area contributed by atoms with Crippen LogP contribution in [-0.4, -0.2) is 51.0 Å². The SMILES string of the molecule is CC[C@@H](C(=O)NC)N(Cc1ccc(F)cc1)C(=O)CN(c1cc(C(F)(F)F)ccc1Cl)S(C)(=O)=O. The van der Waals surface area contributed by atoms with Crippen LogP contribution in [0.15, 0.2) is 42.5 Å². The summed E-state index contributed by atoms with van der Waals surface area (Å²) in [6.07, 6.45) is -3.92. The first-order valence-corrected chi connectivity index (χ1v) is 12.5. The number of sulfonamides is 1. The zero-order valence-electron chi connectivity index (χ0n) is 19.1. The van der Waals surface area contributed by atoms with E-state index in [0.717, 1.165) is 29.4 Å². The molecule has 0 aliphatic carbocycles. The van der Waals surface area contributed by atoms with Gasteiger partial charge in [-0.3, -0.25) is 13.9 Å². The van der Waals surface area contributed by atoms with E-state index in [1.807, 2.05) is 0 Å². The van der Waals surface area contributed by atoms with Crippen molar-refractivity contribution in [2.45, 2.75) is 32.1 Å². The molecule has 0 aromatic heterocycles. The predicted molar refractivity (Wildman–Crippen MR) is 124 cm³/mol. The van der Waals surface area contributed by atoms with Crippen molar-refractivity contribution in [2.24, 2.45) is 0 Å². The minimum atomic E-state index is -4.78. The van der Waals surface area contributed by atoms with Crippen molar-refractivity contribution in [1.29, 1.82) is 0 Å². The summed E-state index contributed by atoms with van der Waals surface area (Å²) in [5, 5.41) is 2.10. The highest BCUT2D eigenvalue weighted by molar-refractivity contribution is 7.92. The summed E-state index contributed by atoms with van der Waals surface area (Å²) in [6.45, 7) is 0.524. The van der Waals surface area contributed by atoms with Gasteiger partial charge < -0.3 is 10.2 Å². The standard InChI is InChI=1S/C22H24ClF4N3O4S/c1-4-18(21(32)28-2)29(12-14-5-8-16(24)9-6-14)20(31)13-30(35(3,33)34)19-11-15(22(25,26)27)7-10-17(19)23/h5-11,18H,4,12-13H2,1-3H3,(H,28,32)/t18-/m0/s1. The van der Waals surface area contributed by atoms with Crippen LogP contribution in [0, 0.1) is 5.82 Å². The summed E-state index contributed by atoms with van der Waals surface area (Å²) in [6, 6.07) is 6.18. The Morgan fingerprint density at radius 2 is 1.71 bits per heavy atom. The first-order valence-electron chi connectivity index (χ1n) is 10.3. The third kappa shape index (κ3) is 7.31. The second kappa shape index (κ2) is 11.3. The van der Waals surface area contributed by atoms with Crippen LogP contribution in [0.2, 0.25) is 5.02 Å². The number of amides is 2. The fraction of sp³-hybridized carbons (Fsp3) is 0.364. The Kier molecular flexibility index (Phi) is 9.12. The van der Waals surface area contributed by atoms with Gasteiger partial charge in [-0.05, 0) is 42.3 Å². The summed E-state index contributed by atoms with van der Waals surface area (Å²) in [4.78, 5) is 26.9. The van der Waals surface area contributed by atoms with Crippen LogP contribution in [0.1, 0.15) is 24.5 Å². The molecule has 13 heteroatoms. The summed E-state index contributed by atoms with van der Waals surface area (Å²) < 4.78 is 78.6. The fourth-order valence-electron chi connectivity index (χ4n) is 3.35. The molecule has 192 valence electrons. The van der Waals surface area contributed by atoms with Gasteiger partial charge in [0.2, 0.25) is 21.8 Å². The van der Waals surface area contributed by atoms with Gasteiger partial charge in [-0.2, -0.15) is 13.2 Å². The predicted octanol–water partition coefficient (Wildman–Crippen LogP) is 3.82. The van der Waals surface area contributed by atoms with Crippen molar-refractivity contribution in [3.8, 4) is 0 Å². The number of likely N-dealkylation sites (N-methyl/N-ethyl adjacent to an activating group) is 1. The molecular weight excluding hydrogens is 514 g/mol. The lowest BCUT2D eigenvalue weighted by molar-refractivity contribution is -0.140. The first-order chi connectivity index (χ1) is 16.2. The van der Waals surface area contributed by atoms with Gasteiger partial charge in [0.25, 0.3) is 0 Å². The Balaban J connectivity index is 2.52. The van der Waals surface area contributed by atoms with Crippen molar-refractivity contribution in [3.05, 3.63) is 64.4 Å². The van der Waals surface area contributed by atoms with Crippen molar-refractivity contribution in [1.82, 2.24) is 10.2 Å². The average Bonchev–Trinajstić information content (AvgIpc) is 2.77. The number of carbonyl (C=O) groups is 2. The average molecular weight is 538 g/mol. The van der Waals surface area contributed by atoms with E-state index >= 15 is 0 Å². The molecule has 0 heterocycles. The number of hydrogen-bond acceptors (Lipinski definition) is 4. The largest absolute Gasteiger partial charge is 0.416 e. The highest BCUT2D eigenvalue weighted by Crippen LogP contribution is 2.36. The molecule has 0 radical (unpaired) electrons. The zero-order valence-corrected chi connectivity index (χ0v) is 20.6. The lowest BCUT2D eigenvalue weighted by Gasteiger charge is -2.32. The zero-order chi connectivity index (χ0) is 26.6. The molecule has 0 fully saturated rings. The van der Waals surface area contributed by atoms with Crippen LogP contribution >= 0.6 is 11.6 Å². The summed E-state index contributed by atoms with van der Waals surface area (Å²) >= 11 is 6.02. The normalized spacial score (nSPS) is 12.7. The molecule has 35 heavy (non-hydrogen) atoms. The van der Waals surface area contributed by atoms with E-state index in [4.69, 9.17) is 11.6 Å². The maximum Gasteiger partial charge on any atom is 0.416 e. The van der Waals surface area contributed by atoms with Gasteiger partial charge >= 0.3 is 6.18 Å². The monoisotopic (exact) mass is 537 g/mol. The van der Waals surface area contributed by atoms with E-state index in [1.165, 1.54) is 19.2 Å². The molecule has 0 bridgehead atoms. The maximum atomic E-state index is 13.4. The number of hydrogen-bond donors (Lipinski definition) is 1. The van der Waals surface area contributed by atoms with Crippen molar-refractivity contribution < 1.29 is 35.6 Å². The van der Waals surface area contributed by atoms with Crippen LogP contribution < -0.4 is 9.62 Å². The van der Waals surface area contributed by atoms with Gasteiger partial charge in [0.15, 0.2) is 0 Å². The molecule has 0 saturated carbocycles. The Morgan fingerprint density at radius 1 is 1.11 bits per heavy atom. The Morgan fingerprint density at radius 3 is 2.20 bits per heavy atom. The fourth-order valence-corrected chi connectivity index (χ4v) is 4.47. The molecule has 1 N–H and O–H groups in total. The van der Waals surface area contributed by atoms with Gasteiger partial charge in [0.1, 0.15) is 18.4 Å². The van der Waals surface area contributed by atoms with Crippen LogP contribution in [-0.2, 0) is 32.3 Å². The van der Waals surface area contributed by atoms with Crippen LogP contribution in [0.3, 0.4) is 0 Å². The van der Waals surface area contributed by atoms with Gasteiger partial charge in [-0.1, -0.05) is 30.7 Å². The van der Waals surface area contributed by atoms with Gasteiger partial charge in [0, 0.05) is 13.6 Å². The summed E-state index contributed by atoms with van der Waals surface area (Å²) in [5.74, 6) is -1.93. The third-order valence-corrected chi connectivity index (χ3v) is 6.57. The number of halogens is 5. The molecule has 7 nitrogen and oxygen atoms in total. The molecule has 0 unspecified atom stereocenters. The van der Waals surface area contributed by atoms with E-state index in [-0.39, 0.29) is 18.0 Å². The molecule has 2 amide bonds. The minimum absolute atomic E-state index is 0.149. The molecule has 0 aliphatic rings. The Bertz CT molecular complexity index is 1170. The lowest BCUT2D eigenvalue weighted by atomic mass is 10.1. The van der Waals surface area contributed by atoms with E-state index < -0.39 is 57.7 Å². The molecule has 2 aromatic rings. The van der Waals surface area contributed by atoms with E-state index in [0.29, 0.717) is 22.0 Å². The number of rotatable bonds is 9. The first kappa shape index (κ1) is 28.4. The molecule has 0 saturated heterocycles. The van der Waals surface area contributed by atoms with Gasteiger partial charge in [0.05, 0.1) is 22.5 Å². The molecule has 0 aliphatic heterocycles. The number of alkyl halides is 3. The van der Waals surface area contributed by atoms with Gasteiger partial charge in [-0.15, -0.1) is 0 Å².